The molecule has 0 aromatic heterocycles. The molecule has 1 heterocycles. The molecule has 0 bridgehead atoms. The molecule has 3 N–H and O–H groups in total. The van der Waals surface area contributed by atoms with Gasteiger partial charge in [0.1, 0.15) is 0 Å². The molecular weight excluding hydrogens is 190 g/mol. The van der Waals surface area contributed by atoms with Crippen LogP contribution in [0.3, 0.4) is 0 Å². The zero-order valence-electron chi connectivity index (χ0n) is 9.83. The molecule has 4 nitrogen and oxygen atoms in total. The van der Waals surface area contributed by atoms with Crippen molar-refractivity contribution in [3.63, 3.8) is 0 Å². The second kappa shape index (κ2) is 6.08. The van der Waals surface area contributed by atoms with Crippen LogP contribution >= 0.6 is 0 Å². The van der Waals surface area contributed by atoms with Gasteiger partial charge in [0.05, 0.1) is 0 Å². The van der Waals surface area contributed by atoms with E-state index in [0.717, 1.165) is 13.1 Å². The molecule has 2 unspecified atom stereocenters. The number of nitrogens with zero attached hydrogens (tertiary/aromatic N) is 1. The van der Waals surface area contributed by atoms with E-state index in [4.69, 9.17) is 5.73 Å². The first-order chi connectivity index (χ1) is 7.11. The lowest BCUT2D eigenvalue weighted by Gasteiger charge is -2.29. The molecule has 1 aliphatic heterocycles. The normalized spacial score (nSPS) is 24.9. The van der Waals surface area contributed by atoms with Gasteiger partial charge in [0.2, 0.25) is 5.91 Å². The summed E-state index contributed by atoms with van der Waals surface area (Å²) in [6.07, 6.45) is 3.03. The van der Waals surface area contributed by atoms with E-state index in [1.54, 1.807) is 0 Å². The van der Waals surface area contributed by atoms with E-state index in [2.05, 4.69) is 17.3 Å². The molecule has 0 spiro atoms. The van der Waals surface area contributed by atoms with Crippen LogP contribution in [0.4, 0.5) is 0 Å². The molecule has 0 radical (unpaired) electrons. The Labute approximate surface area is 92.2 Å². The quantitative estimate of drug-likeness (QED) is 0.700. The fraction of sp³-hybridized carbons (Fsp3) is 0.909. The smallest absolute Gasteiger partial charge is 0.220 e. The Hall–Kier alpha value is -0.610. The zero-order valence-corrected chi connectivity index (χ0v) is 9.83. The van der Waals surface area contributed by atoms with Gasteiger partial charge >= 0.3 is 0 Å². The molecule has 0 aromatic carbocycles. The summed E-state index contributed by atoms with van der Waals surface area (Å²) in [6.45, 7) is 4.66. The summed E-state index contributed by atoms with van der Waals surface area (Å²) in [6, 6.07) is 0.0961. The fourth-order valence-electron chi connectivity index (χ4n) is 2.09. The van der Waals surface area contributed by atoms with Crippen molar-refractivity contribution in [2.24, 2.45) is 11.7 Å². The summed E-state index contributed by atoms with van der Waals surface area (Å²) in [5, 5.41) is 2.91. The van der Waals surface area contributed by atoms with Gasteiger partial charge in [0.25, 0.3) is 0 Å². The lowest BCUT2D eigenvalue weighted by Crippen LogP contribution is -2.40. The third-order valence-electron chi connectivity index (χ3n) is 2.96. The summed E-state index contributed by atoms with van der Waals surface area (Å²) in [4.78, 5) is 13.9. The number of rotatable bonds is 4. The van der Waals surface area contributed by atoms with Crippen LogP contribution in [0.25, 0.3) is 0 Å². The number of piperidine rings is 1. The van der Waals surface area contributed by atoms with Gasteiger partial charge in [0.15, 0.2) is 0 Å². The van der Waals surface area contributed by atoms with Crippen molar-refractivity contribution >= 4 is 5.91 Å². The van der Waals surface area contributed by atoms with Crippen LogP contribution in [-0.4, -0.2) is 43.5 Å². The lowest BCUT2D eigenvalue weighted by molar-refractivity contribution is -0.122. The fourth-order valence-corrected chi connectivity index (χ4v) is 2.09. The van der Waals surface area contributed by atoms with Crippen molar-refractivity contribution in [3.05, 3.63) is 0 Å². The van der Waals surface area contributed by atoms with Crippen LogP contribution in [0.1, 0.15) is 26.2 Å². The maximum absolute atomic E-state index is 11.6. The van der Waals surface area contributed by atoms with Crippen molar-refractivity contribution in [2.75, 3.05) is 26.7 Å². The molecule has 0 saturated carbocycles. The van der Waals surface area contributed by atoms with E-state index >= 15 is 0 Å². The number of carbonyl (C=O) groups excluding carboxylic acids is 1. The number of hydrogen-bond donors (Lipinski definition) is 2. The van der Waals surface area contributed by atoms with Crippen LogP contribution < -0.4 is 11.1 Å². The highest BCUT2D eigenvalue weighted by Crippen LogP contribution is 2.18. The molecule has 1 rings (SSSR count). The molecule has 2 atom stereocenters. The number of nitrogens with one attached hydrogen (secondary N) is 1. The standard InChI is InChI=1S/C11H23N3O/c1-9(7-12)13-11(15)6-10-4-3-5-14(2)8-10/h9-10H,3-8,12H2,1-2H3,(H,13,15). The predicted molar refractivity (Wildman–Crippen MR) is 61.5 cm³/mol. The third-order valence-corrected chi connectivity index (χ3v) is 2.96. The summed E-state index contributed by atoms with van der Waals surface area (Å²) in [5.74, 6) is 0.668. The van der Waals surface area contributed by atoms with Crippen LogP contribution in [0.15, 0.2) is 0 Å². The highest BCUT2D eigenvalue weighted by molar-refractivity contribution is 5.76. The van der Waals surface area contributed by atoms with Crippen molar-refractivity contribution in [3.8, 4) is 0 Å². The first-order valence-corrected chi connectivity index (χ1v) is 5.79. The summed E-state index contributed by atoms with van der Waals surface area (Å²) in [5.41, 5.74) is 5.45. The van der Waals surface area contributed by atoms with Gasteiger partial charge in [-0.25, -0.2) is 0 Å². The first-order valence-electron chi connectivity index (χ1n) is 5.79. The zero-order chi connectivity index (χ0) is 11.3. The number of carbonyl (C=O) groups is 1. The molecule has 1 fully saturated rings. The van der Waals surface area contributed by atoms with E-state index in [0.29, 0.717) is 18.9 Å². The maximum atomic E-state index is 11.6. The van der Waals surface area contributed by atoms with Crippen LogP contribution in [0.2, 0.25) is 0 Å². The molecular formula is C11H23N3O. The van der Waals surface area contributed by atoms with Gasteiger partial charge in [-0.1, -0.05) is 0 Å². The lowest BCUT2D eigenvalue weighted by atomic mass is 9.95. The Morgan fingerprint density at radius 3 is 3.00 bits per heavy atom. The van der Waals surface area contributed by atoms with Crippen molar-refractivity contribution in [2.45, 2.75) is 32.2 Å². The molecule has 4 heteroatoms. The van der Waals surface area contributed by atoms with Gasteiger partial charge in [0, 0.05) is 25.6 Å². The number of amides is 1. The van der Waals surface area contributed by atoms with Gasteiger partial charge in [-0.15, -0.1) is 0 Å². The van der Waals surface area contributed by atoms with Gasteiger partial charge < -0.3 is 16.0 Å². The molecule has 1 amide bonds. The highest BCUT2D eigenvalue weighted by Gasteiger charge is 2.20. The third kappa shape index (κ3) is 4.62. The highest BCUT2D eigenvalue weighted by atomic mass is 16.1. The Balaban J connectivity index is 2.24. The summed E-state index contributed by atoms with van der Waals surface area (Å²) in [7, 11) is 2.12. The van der Waals surface area contributed by atoms with E-state index in [1.165, 1.54) is 12.8 Å². The maximum Gasteiger partial charge on any atom is 0.220 e. The summed E-state index contributed by atoms with van der Waals surface area (Å²) >= 11 is 0. The van der Waals surface area contributed by atoms with E-state index < -0.39 is 0 Å². The van der Waals surface area contributed by atoms with Crippen LogP contribution in [0.5, 0.6) is 0 Å². The van der Waals surface area contributed by atoms with E-state index in [-0.39, 0.29) is 11.9 Å². The second-order valence-corrected chi connectivity index (χ2v) is 4.68. The molecule has 88 valence electrons. The van der Waals surface area contributed by atoms with E-state index in [9.17, 15) is 4.79 Å². The topological polar surface area (TPSA) is 58.4 Å². The largest absolute Gasteiger partial charge is 0.352 e. The minimum absolute atomic E-state index is 0.0961. The Bertz CT molecular complexity index is 208. The molecule has 1 saturated heterocycles. The SMILES string of the molecule is CC(CN)NC(=O)CC1CCCN(C)C1. The van der Waals surface area contributed by atoms with Crippen LogP contribution in [-0.2, 0) is 4.79 Å². The average molecular weight is 213 g/mol. The second-order valence-electron chi connectivity index (χ2n) is 4.68. The Kier molecular flexibility index (Phi) is 5.05. The van der Waals surface area contributed by atoms with Crippen molar-refractivity contribution in [1.82, 2.24) is 10.2 Å². The molecule has 1 aliphatic rings. The van der Waals surface area contributed by atoms with Gasteiger partial charge in [-0.3, -0.25) is 4.79 Å². The van der Waals surface area contributed by atoms with Crippen molar-refractivity contribution in [1.29, 1.82) is 0 Å². The average Bonchev–Trinajstić information content (AvgIpc) is 2.17. The predicted octanol–water partition coefficient (Wildman–Crippen LogP) is 0.182. The number of hydrogen-bond acceptors (Lipinski definition) is 3. The van der Waals surface area contributed by atoms with Gasteiger partial charge in [-0.2, -0.15) is 0 Å². The minimum Gasteiger partial charge on any atom is -0.352 e. The van der Waals surface area contributed by atoms with Gasteiger partial charge in [-0.05, 0) is 39.3 Å². The first kappa shape index (κ1) is 12.5. The molecule has 0 aliphatic carbocycles. The molecule has 15 heavy (non-hydrogen) atoms. The minimum atomic E-state index is 0.0961. The Morgan fingerprint density at radius 2 is 2.40 bits per heavy atom. The molecule has 0 aromatic rings. The monoisotopic (exact) mass is 213 g/mol. The number of nitrogens with two attached hydrogens (primary N) is 1. The summed E-state index contributed by atoms with van der Waals surface area (Å²) < 4.78 is 0. The van der Waals surface area contributed by atoms with E-state index in [1.807, 2.05) is 6.92 Å². The number of likely N-dealkylation sites (tertiary alicyclic amines) is 1. The Morgan fingerprint density at radius 1 is 1.67 bits per heavy atom. The van der Waals surface area contributed by atoms with Crippen LogP contribution in [0, 0.1) is 5.92 Å². The van der Waals surface area contributed by atoms with Crippen molar-refractivity contribution < 1.29 is 4.79 Å².